The van der Waals surface area contributed by atoms with E-state index in [2.05, 4.69) is 14.9 Å². The zero-order valence-corrected chi connectivity index (χ0v) is 17.7. The number of hydrogen-bond donors (Lipinski definition) is 0. The third-order valence-corrected chi connectivity index (χ3v) is 7.50. The summed E-state index contributed by atoms with van der Waals surface area (Å²) in [4.78, 5) is 11.3. The van der Waals surface area contributed by atoms with Crippen LogP contribution in [0.3, 0.4) is 0 Å². The van der Waals surface area contributed by atoms with Crippen molar-refractivity contribution in [1.82, 2.24) is 14.3 Å². The molecule has 0 spiro atoms. The number of aromatic nitrogens is 2. The average molecular weight is 443 g/mol. The highest BCUT2D eigenvalue weighted by molar-refractivity contribution is 7.89. The van der Waals surface area contributed by atoms with Crippen molar-refractivity contribution in [1.29, 1.82) is 0 Å². The van der Waals surface area contributed by atoms with E-state index in [0.717, 1.165) is 30.2 Å². The van der Waals surface area contributed by atoms with Crippen LogP contribution in [-0.2, 0) is 27.7 Å². The number of rotatable bonds is 3. The summed E-state index contributed by atoms with van der Waals surface area (Å²) in [5, 5.41) is 0.483. The number of ether oxygens (including phenoxy) is 1. The number of anilines is 1. The molecule has 28 heavy (non-hydrogen) atoms. The van der Waals surface area contributed by atoms with Gasteiger partial charge in [-0.15, -0.1) is 0 Å². The van der Waals surface area contributed by atoms with E-state index in [1.54, 1.807) is 6.07 Å². The summed E-state index contributed by atoms with van der Waals surface area (Å²) in [6.45, 7) is 5.07. The predicted octanol–water partition coefficient (Wildman–Crippen LogP) is 2.68. The van der Waals surface area contributed by atoms with Crippen molar-refractivity contribution in [3.63, 3.8) is 0 Å². The van der Waals surface area contributed by atoms with E-state index >= 15 is 0 Å². The number of halogens is 2. The molecule has 0 unspecified atom stereocenters. The van der Waals surface area contributed by atoms with Gasteiger partial charge in [-0.05, 0) is 25.1 Å². The van der Waals surface area contributed by atoms with Gasteiger partial charge in [0.1, 0.15) is 16.5 Å². The van der Waals surface area contributed by atoms with Crippen LogP contribution in [0.5, 0.6) is 0 Å². The Kier molecular flexibility index (Phi) is 5.50. The second-order valence-corrected chi connectivity index (χ2v) is 9.53. The molecule has 7 nitrogen and oxygen atoms in total. The molecule has 0 saturated carbocycles. The Labute approximate surface area is 174 Å². The highest BCUT2D eigenvalue weighted by atomic mass is 35.5. The molecular weight excluding hydrogens is 423 g/mol. The predicted molar refractivity (Wildman–Crippen MR) is 108 cm³/mol. The molecule has 1 aromatic heterocycles. The molecule has 0 radical (unpaired) electrons. The number of morpholine rings is 1. The maximum atomic E-state index is 13.2. The summed E-state index contributed by atoms with van der Waals surface area (Å²) in [7, 11) is -3.80. The van der Waals surface area contributed by atoms with Crippen LogP contribution in [0, 0.1) is 6.92 Å². The lowest BCUT2D eigenvalue weighted by atomic mass is 10.1. The van der Waals surface area contributed by atoms with Crippen molar-refractivity contribution in [2.24, 2.45) is 0 Å². The fourth-order valence-corrected chi connectivity index (χ4v) is 5.69. The Balaban J connectivity index is 1.72. The lowest BCUT2D eigenvalue weighted by Gasteiger charge is -2.34. The molecule has 2 aliphatic rings. The Morgan fingerprint density at radius 2 is 1.86 bits per heavy atom. The van der Waals surface area contributed by atoms with E-state index in [9.17, 15) is 8.42 Å². The van der Waals surface area contributed by atoms with Crippen molar-refractivity contribution in [2.75, 3.05) is 37.7 Å². The Hall–Kier alpha value is -1.45. The van der Waals surface area contributed by atoms with Crippen LogP contribution in [0.15, 0.2) is 23.1 Å². The van der Waals surface area contributed by atoms with E-state index in [0.29, 0.717) is 37.0 Å². The number of nitrogens with zero attached hydrogens (tertiary/aromatic N) is 4. The summed E-state index contributed by atoms with van der Waals surface area (Å²) in [6, 6.07) is 4.46. The quantitative estimate of drug-likeness (QED) is 0.726. The van der Waals surface area contributed by atoms with Gasteiger partial charge in [0, 0.05) is 43.2 Å². The Bertz CT molecular complexity index is 1010. The van der Waals surface area contributed by atoms with Crippen molar-refractivity contribution >= 4 is 39.0 Å². The molecule has 2 aromatic rings. The molecule has 1 aromatic carbocycles. The van der Waals surface area contributed by atoms with E-state index in [4.69, 9.17) is 27.9 Å². The Morgan fingerprint density at radius 1 is 1.11 bits per heavy atom. The van der Waals surface area contributed by atoms with Crippen LogP contribution in [0.1, 0.15) is 17.1 Å². The molecule has 0 atom stereocenters. The van der Waals surface area contributed by atoms with Crippen molar-refractivity contribution in [2.45, 2.75) is 24.8 Å². The molecule has 3 heterocycles. The molecule has 0 N–H and O–H groups in total. The molecule has 10 heteroatoms. The first kappa shape index (κ1) is 19.8. The Morgan fingerprint density at radius 3 is 2.61 bits per heavy atom. The fraction of sp³-hybridized carbons (Fsp3) is 0.444. The highest BCUT2D eigenvalue weighted by Crippen LogP contribution is 2.33. The second kappa shape index (κ2) is 7.76. The zero-order valence-electron chi connectivity index (χ0n) is 15.4. The molecule has 2 aliphatic heterocycles. The minimum absolute atomic E-state index is 0.0195. The van der Waals surface area contributed by atoms with Gasteiger partial charge in [-0.1, -0.05) is 23.2 Å². The highest BCUT2D eigenvalue weighted by Gasteiger charge is 2.33. The van der Waals surface area contributed by atoms with Gasteiger partial charge in [-0.25, -0.2) is 18.4 Å². The van der Waals surface area contributed by atoms with Crippen LogP contribution in [0.25, 0.3) is 0 Å². The summed E-state index contributed by atoms with van der Waals surface area (Å²) in [5.74, 6) is 1.48. The lowest BCUT2D eigenvalue weighted by molar-refractivity contribution is 0.122. The van der Waals surface area contributed by atoms with E-state index in [1.807, 2.05) is 6.92 Å². The van der Waals surface area contributed by atoms with E-state index in [-0.39, 0.29) is 16.5 Å². The van der Waals surface area contributed by atoms with Crippen LogP contribution in [0.4, 0.5) is 5.82 Å². The first-order valence-electron chi connectivity index (χ1n) is 9.00. The minimum Gasteiger partial charge on any atom is -0.378 e. The number of aryl methyl sites for hydroxylation is 1. The van der Waals surface area contributed by atoms with E-state index in [1.165, 1.54) is 16.4 Å². The van der Waals surface area contributed by atoms with Gasteiger partial charge in [-0.2, -0.15) is 4.31 Å². The van der Waals surface area contributed by atoms with Crippen LogP contribution in [0.2, 0.25) is 10.0 Å². The van der Waals surface area contributed by atoms with Gasteiger partial charge >= 0.3 is 0 Å². The molecule has 4 rings (SSSR count). The SMILES string of the molecule is Cc1nc2c(c(N3CCOCC3)n1)CN(S(=O)(=O)c1cc(Cl)ccc1Cl)CC2. The summed E-state index contributed by atoms with van der Waals surface area (Å²) in [5.41, 5.74) is 1.75. The largest absolute Gasteiger partial charge is 0.378 e. The topological polar surface area (TPSA) is 75.6 Å². The number of benzene rings is 1. The van der Waals surface area contributed by atoms with Gasteiger partial charge in [-0.3, -0.25) is 0 Å². The van der Waals surface area contributed by atoms with E-state index < -0.39 is 10.0 Å². The lowest BCUT2D eigenvalue weighted by Crippen LogP contribution is -2.41. The standard InChI is InChI=1S/C18H20Cl2N4O3S/c1-12-21-16-4-5-24(28(25,26)17-10-13(19)2-3-15(17)20)11-14(16)18(22-12)23-6-8-27-9-7-23/h2-3,10H,4-9,11H2,1H3. The van der Waals surface area contributed by atoms with Gasteiger partial charge < -0.3 is 9.64 Å². The van der Waals surface area contributed by atoms with Crippen LogP contribution >= 0.6 is 23.2 Å². The molecule has 0 aliphatic carbocycles. The average Bonchev–Trinajstić information content (AvgIpc) is 2.69. The van der Waals surface area contributed by atoms with Gasteiger partial charge in [0.2, 0.25) is 10.0 Å². The molecular formula is C18H20Cl2N4O3S. The number of fused-ring (bicyclic) bond motifs is 1. The van der Waals surface area contributed by atoms with Gasteiger partial charge in [0.05, 0.1) is 23.9 Å². The minimum atomic E-state index is -3.80. The molecule has 150 valence electrons. The molecule has 1 fully saturated rings. The van der Waals surface area contributed by atoms with Crippen LogP contribution in [-0.4, -0.2) is 55.5 Å². The van der Waals surface area contributed by atoms with Crippen LogP contribution < -0.4 is 4.90 Å². The summed E-state index contributed by atoms with van der Waals surface area (Å²) >= 11 is 12.2. The van der Waals surface area contributed by atoms with Crippen molar-refractivity contribution in [3.05, 3.63) is 45.3 Å². The maximum Gasteiger partial charge on any atom is 0.244 e. The number of hydrogen-bond acceptors (Lipinski definition) is 6. The molecule has 0 amide bonds. The third kappa shape index (κ3) is 3.71. The summed E-state index contributed by atoms with van der Waals surface area (Å²) in [6.07, 6.45) is 0.521. The van der Waals surface area contributed by atoms with Gasteiger partial charge in [0.25, 0.3) is 0 Å². The van der Waals surface area contributed by atoms with Crippen molar-refractivity contribution < 1.29 is 13.2 Å². The third-order valence-electron chi connectivity index (χ3n) is 4.94. The zero-order chi connectivity index (χ0) is 19.9. The maximum absolute atomic E-state index is 13.2. The fourth-order valence-electron chi connectivity index (χ4n) is 3.55. The smallest absolute Gasteiger partial charge is 0.244 e. The molecule has 1 saturated heterocycles. The molecule has 0 bridgehead atoms. The first-order valence-corrected chi connectivity index (χ1v) is 11.2. The number of sulfonamides is 1. The first-order chi connectivity index (χ1) is 13.4. The summed E-state index contributed by atoms with van der Waals surface area (Å²) < 4.78 is 33.3. The van der Waals surface area contributed by atoms with Crippen molar-refractivity contribution in [3.8, 4) is 0 Å². The normalized spacial score (nSPS) is 18.2. The van der Waals surface area contributed by atoms with Gasteiger partial charge in [0.15, 0.2) is 0 Å². The monoisotopic (exact) mass is 442 g/mol. The second-order valence-electron chi connectivity index (χ2n) is 6.78.